The lowest BCUT2D eigenvalue weighted by Gasteiger charge is -2.18. The van der Waals surface area contributed by atoms with Crippen molar-refractivity contribution < 1.29 is 14.3 Å². The average molecular weight is 288 g/mol. The first-order valence-corrected chi connectivity index (χ1v) is 6.54. The van der Waals surface area contributed by atoms with Crippen molar-refractivity contribution in [2.45, 2.75) is 26.3 Å². The van der Waals surface area contributed by atoms with Gasteiger partial charge in [-0.3, -0.25) is 4.79 Å². The molecule has 0 unspecified atom stereocenters. The van der Waals surface area contributed by atoms with Crippen LogP contribution in [0, 0.1) is 11.3 Å². The average Bonchev–Trinajstić information content (AvgIpc) is 2.41. The zero-order valence-electron chi connectivity index (χ0n) is 12.8. The van der Waals surface area contributed by atoms with E-state index >= 15 is 0 Å². The number of benzene rings is 1. The van der Waals surface area contributed by atoms with Gasteiger partial charge < -0.3 is 14.8 Å². The van der Waals surface area contributed by atoms with E-state index in [0.29, 0.717) is 11.5 Å². The smallest absolute Gasteiger partial charge is 0.244 e. The van der Waals surface area contributed by atoms with Crippen molar-refractivity contribution in [3.05, 3.63) is 29.8 Å². The fourth-order valence-corrected chi connectivity index (χ4v) is 1.60. The van der Waals surface area contributed by atoms with E-state index in [9.17, 15) is 4.79 Å². The minimum atomic E-state index is -0.270. The molecule has 0 spiro atoms. The number of methoxy groups -OCH3 is 1. The van der Waals surface area contributed by atoms with Crippen LogP contribution in [0.15, 0.2) is 24.3 Å². The van der Waals surface area contributed by atoms with Gasteiger partial charge in [-0.15, -0.1) is 0 Å². The van der Waals surface area contributed by atoms with Crippen molar-refractivity contribution in [2.24, 2.45) is 0 Å². The Morgan fingerprint density at radius 3 is 2.67 bits per heavy atom. The van der Waals surface area contributed by atoms with E-state index in [4.69, 9.17) is 14.7 Å². The zero-order chi connectivity index (χ0) is 15.9. The summed E-state index contributed by atoms with van der Waals surface area (Å²) >= 11 is 0. The SMILES string of the molecule is COc1cc(/C=C/C(=O)NC(C)(C)C)ccc1OCC#N. The van der Waals surface area contributed by atoms with Gasteiger partial charge in [-0.05, 0) is 44.5 Å². The van der Waals surface area contributed by atoms with Crippen molar-refractivity contribution in [1.82, 2.24) is 5.32 Å². The first kappa shape index (κ1) is 16.6. The minimum absolute atomic E-state index is 0.0421. The molecule has 0 atom stereocenters. The molecule has 5 heteroatoms. The lowest BCUT2D eigenvalue weighted by molar-refractivity contribution is -0.117. The molecule has 0 aromatic heterocycles. The monoisotopic (exact) mass is 288 g/mol. The van der Waals surface area contributed by atoms with Gasteiger partial charge in [0.15, 0.2) is 18.1 Å². The number of carbonyl (C=O) groups is 1. The summed E-state index contributed by atoms with van der Waals surface area (Å²) in [4.78, 5) is 11.7. The van der Waals surface area contributed by atoms with E-state index in [1.807, 2.05) is 26.8 Å². The Bertz CT molecular complexity index is 566. The number of nitriles is 1. The summed E-state index contributed by atoms with van der Waals surface area (Å²) in [6.07, 6.45) is 3.16. The van der Waals surface area contributed by atoms with Crippen molar-refractivity contribution in [3.8, 4) is 17.6 Å². The molecule has 1 N–H and O–H groups in total. The maximum atomic E-state index is 11.7. The van der Waals surface area contributed by atoms with Gasteiger partial charge in [0.05, 0.1) is 7.11 Å². The fourth-order valence-electron chi connectivity index (χ4n) is 1.60. The summed E-state index contributed by atoms with van der Waals surface area (Å²) in [7, 11) is 1.52. The van der Waals surface area contributed by atoms with E-state index in [0.717, 1.165) is 5.56 Å². The van der Waals surface area contributed by atoms with E-state index in [1.54, 1.807) is 24.3 Å². The maximum Gasteiger partial charge on any atom is 0.244 e. The van der Waals surface area contributed by atoms with Crippen LogP contribution >= 0.6 is 0 Å². The highest BCUT2D eigenvalue weighted by Gasteiger charge is 2.11. The van der Waals surface area contributed by atoms with Crippen LogP contribution < -0.4 is 14.8 Å². The highest BCUT2D eigenvalue weighted by Crippen LogP contribution is 2.28. The molecular formula is C16H20N2O3. The molecule has 0 aliphatic carbocycles. The Labute approximate surface area is 125 Å². The summed E-state index contributed by atoms with van der Waals surface area (Å²) < 4.78 is 10.4. The second kappa shape index (κ2) is 7.34. The molecule has 112 valence electrons. The molecule has 0 radical (unpaired) electrons. The van der Waals surface area contributed by atoms with Crippen LogP contribution in [0.2, 0.25) is 0 Å². The topological polar surface area (TPSA) is 71.3 Å². The molecule has 0 aliphatic heterocycles. The summed E-state index contributed by atoms with van der Waals surface area (Å²) in [6.45, 7) is 5.72. The minimum Gasteiger partial charge on any atom is -0.493 e. The number of ether oxygens (including phenoxy) is 2. The molecule has 0 heterocycles. The quantitative estimate of drug-likeness (QED) is 0.845. The number of rotatable bonds is 5. The highest BCUT2D eigenvalue weighted by atomic mass is 16.5. The van der Waals surface area contributed by atoms with Gasteiger partial charge >= 0.3 is 0 Å². The fraction of sp³-hybridized carbons (Fsp3) is 0.375. The number of nitrogens with one attached hydrogen (secondary N) is 1. The van der Waals surface area contributed by atoms with Gasteiger partial charge in [0.25, 0.3) is 0 Å². The van der Waals surface area contributed by atoms with E-state index in [-0.39, 0.29) is 18.1 Å². The lowest BCUT2D eigenvalue weighted by Crippen LogP contribution is -2.39. The Morgan fingerprint density at radius 1 is 1.38 bits per heavy atom. The normalized spacial score (nSPS) is 11.0. The van der Waals surface area contributed by atoms with Crippen LogP contribution in [0.4, 0.5) is 0 Å². The third kappa shape index (κ3) is 6.00. The summed E-state index contributed by atoms with van der Waals surface area (Å²) in [5.74, 6) is 0.852. The van der Waals surface area contributed by atoms with E-state index in [1.165, 1.54) is 13.2 Å². The van der Waals surface area contributed by atoms with Gasteiger partial charge in [0, 0.05) is 11.6 Å². The molecule has 1 amide bonds. The molecule has 1 aromatic rings. The lowest BCUT2D eigenvalue weighted by atomic mass is 10.1. The summed E-state index contributed by atoms with van der Waals surface area (Å²) in [5.41, 5.74) is 0.536. The first-order valence-electron chi connectivity index (χ1n) is 6.54. The highest BCUT2D eigenvalue weighted by molar-refractivity contribution is 5.92. The first-order chi connectivity index (χ1) is 9.85. The number of nitrogens with zero attached hydrogens (tertiary/aromatic N) is 1. The van der Waals surface area contributed by atoms with E-state index < -0.39 is 0 Å². The molecule has 0 aliphatic rings. The second-order valence-electron chi connectivity index (χ2n) is 5.43. The molecule has 1 rings (SSSR count). The van der Waals surface area contributed by atoms with Crippen LogP contribution in [0.5, 0.6) is 11.5 Å². The van der Waals surface area contributed by atoms with E-state index in [2.05, 4.69) is 5.32 Å². The van der Waals surface area contributed by atoms with Gasteiger partial charge in [-0.1, -0.05) is 6.07 Å². The predicted molar refractivity (Wildman–Crippen MR) is 81.0 cm³/mol. The van der Waals surface area contributed by atoms with Crippen molar-refractivity contribution in [1.29, 1.82) is 5.26 Å². The van der Waals surface area contributed by atoms with Gasteiger partial charge in [0.1, 0.15) is 6.07 Å². The van der Waals surface area contributed by atoms with Crippen molar-refractivity contribution >= 4 is 12.0 Å². The van der Waals surface area contributed by atoms with Crippen molar-refractivity contribution in [2.75, 3.05) is 13.7 Å². The number of hydrogen-bond donors (Lipinski definition) is 1. The largest absolute Gasteiger partial charge is 0.493 e. The summed E-state index contributed by atoms with van der Waals surface area (Å²) in [5, 5.41) is 11.4. The van der Waals surface area contributed by atoms with Crippen molar-refractivity contribution in [3.63, 3.8) is 0 Å². The molecule has 0 saturated carbocycles. The Hall–Kier alpha value is -2.48. The number of carbonyl (C=O) groups excluding carboxylic acids is 1. The standard InChI is InChI=1S/C16H20N2O3/c1-16(2,3)18-15(19)8-6-12-5-7-13(21-10-9-17)14(11-12)20-4/h5-8,11H,10H2,1-4H3,(H,18,19)/b8-6+. The molecule has 0 fully saturated rings. The molecule has 0 bridgehead atoms. The molecule has 1 aromatic carbocycles. The molecule has 21 heavy (non-hydrogen) atoms. The Morgan fingerprint density at radius 2 is 2.10 bits per heavy atom. The van der Waals surface area contributed by atoms with Gasteiger partial charge in [0.2, 0.25) is 5.91 Å². The van der Waals surface area contributed by atoms with Crippen LogP contribution in [-0.4, -0.2) is 25.2 Å². The van der Waals surface area contributed by atoms with Crippen LogP contribution in [-0.2, 0) is 4.79 Å². The molecular weight excluding hydrogens is 268 g/mol. The predicted octanol–water partition coefficient (Wildman–Crippen LogP) is 2.53. The Kier molecular flexibility index (Phi) is 5.79. The third-order valence-electron chi connectivity index (χ3n) is 2.41. The third-order valence-corrected chi connectivity index (χ3v) is 2.41. The Balaban J connectivity index is 2.81. The van der Waals surface area contributed by atoms with Gasteiger partial charge in [-0.25, -0.2) is 0 Å². The number of hydrogen-bond acceptors (Lipinski definition) is 4. The van der Waals surface area contributed by atoms with Gasteiger partial charge in [-0.2, -0.15) is 5.26 Å². The second-order valence-corrected chi connectivity index (χ2v) is 5.43. The molecule has 5 nitrogen and oxygen atoms in total. The zero-order valence-corrected chi connectivity index (χ0v) is 12.8. The van der Waals surface area contributed by atoms with Crippen LogP contribution in [0.1, 0.15) is 26.3 Å². The van der Waals surface area contributed by atoms with Crippen LogP contribution in [0.3, 0.4) is 0 Å². The maximum absolute atomic E-state index is 11.7. The number of amides is 1. The van der Waals surface area contributed by atoms with Crippen LogP contribution in [0.25, 0.3) is 6.08 Å². The summed E-state index contributed by atoms with van der Waals surface area (Å²) in [6, 6.07) is 7.14. The molecule has 0 saturated heterocycles.